The third-order valence-corrected chi connectivity index (χ3v) is 4.08. The molecule has 0 aromatic carbocycles. The quantitative estimate of drug-likeness (QED) is 0.886. The number of carbonyl (C=O) groups is 1. The van der Waals surface area contributed by atoms with Crippen LogP contribution in [0, 0.1) is 6.92 Å². The van der Waals surface area contributed by atoms with E-state index in [1.54, 1.807) is 17.4 Å². The van der Waals surface area contributed by atoms with Crippen LogP contribution in [-0.4, -0.2) is 27.7 Å². The van der Waals surface area contributed by atoms with Crippen LogP contribution in [0.1, 0.15) is 46.4 Å². The van der Waals surface area contributed by atoms with E-state index >= 15 is 0 Å². The van der Waals surface area contributed by atoms with Gasteiger partial charge in [0.2, 0.25) is 5.88 Å². The van der Waals surface area contributed by atoms with Gasteiger partial charge in [0.25, 0.3) is 0 Å². The number of hydrogen-bond donors (Lipinski definition) is 1. The summed E-state index contributed by atoms with van der Waals surface area (Å²) in [5.74, 6) is -0.460. The van der Waals surface area contributed by atoms with Gasteiger partial charge in [0, 0.05) is 23.1 Å². The van der Waals surface area contributed by atoms with E-state index in [0.29, 0.717) is 12.5 Å². The van der Waals surface area contributed by atoms with Gasteiger partial charge >= 0.3 is 5.97 Å². The number of carboxylic acid groups (broad SMARTS) is 1. The first kappa shape index (κ1) is 15.4. The molecule has 2 aromatic heterocycles. The minimum absolute atomic E-state index is 0.149. The molecule has 0 spiro atoms. The maximum absolute atomic E-state index is 11.1. The zero-order valence-corrected chi connectivity index (χ0v) is 13.1. The fraction of sp³-hybridized carbons (Fsp3) is 0.400. The Kier molecular flexibility index (Phi) is 4.90. The number of rotatable bonds is 6. The van der Waals surface area contributed by atoms with Gasteiger partial charge in [-0.05, 0) is 18.9 Å². The Morgan fingerprint density at radius 3 is 2.76 bits per heavy atom. The number of nitrogens with zero attached hydrogens (tertiary/aromatic N) is 2. The lowest BCUT2D eigenvalue weighted by atomic mass is 10.1. The molecule has 21 heavy (non-hydrogen) atoms. The Balaban J connectivity index is 2.08. The predicted molar refractivity (Wildman–Crippen MR) is 81.3 cm³/mol. The molecule has 0 aliphatic rings. The molecule has 0 bridgehead atoms. The molecule has 2 heterocycles. The van der Waals surface area contributed by atoms with Crippen LogP contribution in [0.25, 0.3) is 0 Å². The molecule has 2 rings (SSSR count). The Hall–Kier alpha value is -1.95. The normalized spacial score (nSPS) is 10.9. The van der Waals surface area contributed by atoms with E-state index in [1.165, 1.54) is 10.9 Å². The summed E-state index contributed by atoms with van der Waals surface area (Å²) in [4.78, 5) is 20.9. The molecule has 0 aliphatic heterocycles. The second kappa shape index (κ2) is 6.67. The van der Waals surface area contributed by atoms with Gasteiger partial charge in [0.1, 0.15) is 0 Å². The number of pyridine rings is 1. The standard InChI is InChI=1S/C15H18N2O3S/c1-9(2)12-6-11(15(18)19)7-14(17-12)20-5-4-13-10(3)16-8-21-13/h6-9H,4-5H2,1-3H3,(H,18,19). The van der Waals surface area contributed by atoms with E-state index in [4.69, 9.17) is 9.84 Å². The van der Waals surface area contributed by atoms with Crippen molar-refractivity contribution in [1.82, 2.24) is 9.97 Å². The molecular weight excluding hydrogens is 288 g/mol. The number of aromatic nitrogens is 2. The first-order valence-corrected chi connectivity index (χ1v) is 7.62. The molecule has 112 valence electrons. The monoisotopic (exact) mass is 306 g/mol. The zero-order valence-electron chi connectivity index (χ0n) is 12.3. The zero-order chi connectivity index (χ0) is 15.4. The van der Waals surface area contributed by atoms with Gasteiger partial charge < -0.3 is 9.84 Å². The first-order valence-electron chi connectivity index (χ1n) is 6.74. The lowest BCUT2D eigenvalue weighted by Crippen LogP contribution is -2.07. The molecule has 0 fully saturated rings. The van der Waals surface area contributed by atoms with Gasteiger partial charge in [-0.1, -0.05) is 13.8 Å². The smallest absolute Gasteiger partial charge is 0.335 e. The van der Waals surface area contributed by atoms with Crippen molar-refractivity contribution in [2.24, 2.45) is 0 Å². The molecule has 5 nitrogen and oxygen atoms in total. The minimum atomic E-state index is -0.970. The van der Waals surface area contributed by atoms with Crippen molar-refractivity contribution in [3.8, 4) is 5.88 Å². The van der Waals surface area contributed by atoms with Crippen LogP contribution in [0.2, 0.25) is 0 Å². The molecule has 0 aliphatic carbocycles. The van der Waals surface area contributed by atoms with E-state index in [2.05, 4.69) is 9.97 Å². The average Bonchev–Trinajstić information content (AvgIpc) is 2.84. The number of carboxylic acids is 1. The second-order valence-corrected chi connectivity index (χ2v) is 5.98. The van der Waals surface area contributed by atoms with Crippen LogP contribution in [0.4, 0.5) is 0 Å². The Morgan fingerprint density at radius 1 is 1.43 bits per heavy atom. The summed E-state index contributed by atoms with van der Waals surface area (Å²) < 4.78 is 5.62. The van der Waals surface area contributed by atoms with Gasteiger partial charge in [-0.15, -0.1) is 11.3 Å². The molecule has 0 unspecified atom stereocenters. The SMILES string of the molecule is Cc1ncsc1CCOc1cc(C(=O)O)cc(C(C)C)n1. The van der Waals surface area contributed by atoms with E-state index < -0.39 is 5.97 Å². The Bertz CT molecular complexity index is 638. The largest absolute Gasteiger partial charge is 0.478 e. The summed E-state index contributed by atoms with van der Waals surface area (Å²) in [6.45, 7) is 6.36. The van der Waals surface area contributed by atoms with E-state index in [0.717, 1.165) is 17.8 Å². The van der Waals surface area contributed by atoms with Gasteiger partial charge in [-0.25, -0.2) is 14.8 Å². The Morgan fingerprint density at radius 2 is 2.19 bits per heavy atom. The van der Waals surface area contributed by atoms with Crippen LogP contribution in [0.3, 0.4) is 0 Å². The summed E-state index contributed by atoms with van der Waals surface area (Å²) in [5, 5.41) is 9.14. The maximum atomic E-state index is 11.1. The maximum Gasteiger partial charge on any atom is 0.335 e. The van der Waals surface area contributed by atoms with Gasteiger partial charge in [-0.3, -0.25) is 0 Å². The summed E-state index contributed by atoms with van der Waals surface area (Å²) in [7, 11) is 0. The molecule has 1 N–H and O–H groups in total. The molecule has 0 amide bonds. The third-order valence-electron chi connectivity index (χ3n) is 3.08. The molecule has 0 atom stereocenters. The molecule has 0 saturated carbocycles. The fourth-order valence-corrected chi connectivity index (χ4v) is 2.60. The fourth-order valence-electron chi connectivity index (χ4n) is 1.83. The van der Waals surface area contributed by atoms with Crippen LogP contribution >= 0.6 is 11.3 Å². The lowest BCUT2D eigenvalue weighted by molar-refractivity contribution is 0.0696. The van der Waals surface area contributed by atoms with Gasteiger partial charge in [0.15, 0.2) is 0 Å². The minimum Gasteiger partial charge on any atom is -0.478 e. The first-order chi connectivity index (χ1) is 9.97. The molecule has 0 radical (unpaired) electrons. The van der Waals surface area contributed by atoms with Gasteiger partial charge in [-0.2, -0.15) is 0 Å². The number of aromatic carboxylic acids is 1. The van der Waals surface area contributed by atoms with E-state index in [1.807, 2.05) is 26.3 Å². The predicted octanol–water partition coefficient (Wildman–Crippen LogP) is 3.29. The van der Waals surface area contributed by atoms with Crippen LogP contribution in [0.5, 0.6) is 5.88 Å². The number of thiazole rings is 1. The molecular formula is C15H18N2O3S. The number of aryl methyl sites for hydroxylation is 1. The average molecular weight is 306 g/mol. The van der Waals surface area contributed by atoms with E-state index in [9.17, 15) is 4.79 Å². The summed E-state index contributed by atoms with van der Waals surface area (Å²) in [5.41, 5.74) is 3.75. The van der Waals surface area contributed by atoms with Crippen molar-refractivity contribution < 1.29 is 14.6 Å². The van der Waals surface area contributed by atoms with Crippen LogP contribution in [0.15, 0.2) is 17.6 Å². The van der Waals surface area contributed by atoms with Crippen LogP contribution in [-0.2, 0) is 6.42 Å². The van der Waals surface area contributed by atoms with Crippen LogP contribution < -0.4 is 4.74 Å². The highest BCUT2D eigenvalue weighted by atomic mass is 32.1. The third kappa shape index (κ3) is 4.01. The Labute approximate surface area is 127 Å². The number of hydrogen-bond acceptors (Lipinski definition) is 5. The topological polar surface area (TPSA) is 72.3 Å². The van der Waals surface area contributed by atoms with Gasteiger partial charge in [0.05, 0.1) is 23.4 Å². The van der Waals surface area contributed by atoms with Crippen molar-refractivity contribution in [2.75, 3.05) is 6.61 Å². The van der Waals surface area contributed by atoms with Crippen molar-refractivity contribution in [1.29, 1.82) is 0 Å². The highest BCUT2D eigenvalue weighted by Crippen LogP contribution is 2.20. The van der Waals surface area contributed by atoms with E-state index in [-0.39, 0.29) is 11.5 Å². The number of ether oxygens (including phenoxy) is 1. The lowest BCUT2D eigenvalue weighted by Gasteiger charge is -2.10. The summed E-state index contributed by atoms with van der Waals surface area (Å²) in [6, 6.07) is 3.06. The van der Waals surface area contributed by atoms with Crippen molar-refractivity contribution in [3.05, 3.63) is 39.5 Å². The molecule has 6 heteroatoms. The second-order valence-electron chi connectivity index (χ2n) is 5.04. The van der Waals surface area contributed by atoms with Crippen molar-refractivity contribution >= 4 is 17.3 Å². The summed E-state index contributed by atoms with van der Waals surface area (Å²) >= 11 is 1.60. The highest BCUT2D eigenvalue weighted by molar-refractivity contribution is 7.09. The van der Waals surface area contributed by atoms with Crippen molar-refractivity contribution in [3.63, 3.8) is 0 Å². The van der Waals surface area contributed by atoms with Crippen molar-refractivity contribution in [2.45, 2.75) is 33.1 Å². The molecule has 2 aromatic rings. The molecule has 0 saturated heterocycles. The summed E-state index contributed by atoms with van der Waals surface area (Å²) in [6.07, 6.45) is 0.743. The highest BCUT2D eigenvalue weighted by Gasteiger charge is 2.12.